The SMILES string of the molecule is c1ccc2c(c1)-c1ccccc1C21c2ccccc2-c2ccc(-c3cc4c5cccc(N(c6ccc7ccccc7c6)c6ccc7ccccc7c6)c5sc4c4ccccc34)cc21. The first-order valence-electron chi connectivity index (χ1n) is 21.8. The molecule has 0 unspecified atom stereocenters. The molecule has 11 aromatic carbocycles. The van der Waals surface area contributed by atoms with E-state index in [-0.39, 0.29) is 0 Å². The Labute approximate surface area is 369 Å². The van der Waals surface area contributed by atoms with Gasteiger partial charge in [0.1, 0.15) is 0 Å². The van der Waals surface area contributed by atoms with Gasteiger partial charge in [0.15, 0.2) is 0 Å². The van der Waals surface area contributed by atoms with Crippen molar-refractivity contribution in [2.45, 2.75) is 5.41 Å². The minimum Gasteiger partial charge on any atom is -0.309 e. The Morgan fingerprint density at radius 2 is 0.794 bits per heavy atom. The van der Waals surface area contributed by atoms with Crippen LogP contribution in [-0.2, 0) is 5.41 Å². The third-order valence-corrected chi connectivity index (χ3v) is 15.3. The molecule has 14 rings (SSSR count). The molecule has 2 aliphatic carbocycles. The van der Waals surface area contributed by atoms with E-state index in [2.05, 4.69) is 229 Å². The molecule has 292 valence electrons. The number of benzene rings is 11. The van der Waals surface area contributed by atoms with E-state index in [1.807, 2.05) is 11.3 Å². The Bertz CT molecular complexity index is 3750. The summed E-state index contributed by atoms with van der Waals surface area (Å²) in [7, 11) is 0. The van der Waals surface area contributed by atoms with Gasteiger partial charge in [-0.15, -0.1) is 11.3 Å². The van der Waals surface area contributed by atoms with Crippen molar-refractivity contribution in [3.63, 3.8) is 0 Å². The predicted octanol–water partition coefficient (Wildman–Crippen LogP) is 17.0. The molecular weight excluding hydrogens is 779 g/mol. The van der Waals surface area contributed by atoms with Crippen molar-refractivity contribution in [3.05, 3.63) is 247 Å². The fraction of sp³-hybridized carbons (Fsp3) is 0.0164. The van der Waals surface area contributed by atoms with Crippen molar-refractivity contribution in [1.82, 2.24) is 0 Å². The zero-order valence-electron chi connectivity index (χ0n) is 34.2. The Morgan fingerprint density at radius 1 is 0.302 bits per heavy atom. The molecule has 1 nitrogen and oxygen atoms in total. The van der Waals surface area contributed by atoms with Crippen molar-refractivity contribution in [1.29, 1.82) is 0 Å². The molecule has 2 aliphatic rings. The highest BCUT2D eigenvalue weighted by Crippen LogP contribution is 2.63. The molecule has 0 N–H and O–H groups in total. The zero-order valence-corrected chi connectivity index (χ0v) is 35.0. The largest absolute Gasteiger partial charge is 0.309 e. The summed E-state index contributed by atoms with van der Waals surface area (Å²) in [6, 6.07) is 84.0. The highest BCUT2D eigenvalue weighted by Gasteiger charge is 2.51. The highest BCUT2D eigenvalue weighted by atomic mass is 32.1. The fourth-order valence-corrected chi connectivity index (χ4v) is 12.7. The van der Waals surface area contributed by atoms with Gasteiger partial charge in [0.2, 0.25) is 0 Å². The van der Waals surface area contributed by atoms with Crippen LogP contribution in [0.4, 0.5) is 17.1 Å². The fourth-order valence-electron chi connectivity index (χ4n) is 11.3. The van der Waals surface area contributed by atoms with Crippen LogP contribution in [0, 0.1) is 0 Å². The third-order valence-electron chi connectivity index (χ3n) is 14.0. The Kier molecular flexibility index (Phi) is 7.26. The predicted molar refractivity (Wildman–Crippen MR) is 268 cm³/mol. The van der Waals surface area contributed by atoms with E-state index in [0.29, 0.717) is 0 Å². The van der Waals surface area contributed by atoms with Gasteiger partial charge >= 0.3 is 0 Å². The van der Waals surface area contributed by atoms with Crippen molar-refractivity contribution >= 4 is 80.9 Å². The molecule has 1 spiro atoms. The minimum atomic E-state index is -0.395. The lowest BCUT2D eigenvalue weighted by molar-refractivity contribution is 0.794. The molecule has 0 aliphatic heterocycles. The van der Waals surface area contributed by atoms with Gasteiger partial charge in [-0.25, -0.2) is 0 Å². The van der Waals surface area contributed by atoms with Crippen LogP contribution in [-0.4, -0.2) is 0 Å². The molecule has 1 heterocycles. The second kappa shape index (κ2) is 13.1. The molecule has 12 aromatic rings. The maximum Gasteiger partial charge on any atom is 0.0725 e. The van der Waals surface area contributed by atoms with Gasteiger partial charge in [0, 0.05) is 32.2 Å². The summed E-state index contributed by atoms with van der Waals surface area (Å²) in [5, 5.41) is 10.0. The zero-order chi connectivity index (χ0) is 41.2. The first-order valence-corrected chi connectivity index (χ1v) is 22.6. The van der Waals surface area contributed by atoms with E-state index in [0.717, 1.165) is 11.4 Å². The van der Waals surface area contributed by atoms with Crippen LogP contribution in [0.25, 0.3) is 85.9 Å². The first-order chi connectivity index (χ1) is 31.2. The van der Waals surface area contributed by atoms with Crippen molar-refractivity contribution < 1.29 is 0 Å². The lowest BCUT2D eigenvalue weighted by Crippen LogP contribution is -2.25. The number of nitrogens with zero attached hydrogens (tertiary/aromatic N) is 1. The molecule has 0 fully saturated rings. The number of anilines is 3. The van der Waals surface area contributed by atoms with Gasteiger partial charge < -0.3 is 4.90 Å². The summed E-state index contributed by atoms with van der Waals surface area (Å²) < 4.78 is 2.59. The number of hydrogen-bond donors (Lipinski definition) is 0. The molecule has 1 aromatic heterocycles. The molecule has 0 saturated heterocycles. The second-order valence-corrected chi connectivity index (χ2v) is 18.2. The van der Waals surface area contributed by atoms with Gasteiger partial charge in [-0.2, -0.15) is 0 Å². The number of hydrogen-bond acceptors (Lipinski definition) is 2. The molecule has 0 bridgehead atoms. The van der Waals surface area contributed by atoms with Gasteiger partial charge in [-0.05, 0) is 125 Å². The van der Waals surface area contributed by atoms with Crippen LogP contribution in [0.3, 0.4) is 0 Å². The number of fused-ring (bicyclic) bond motifs is 17. The van der Waals surface area contributed by atoms with Gasteiger partial charge in [-0.3, -0.25) is 0 Å². The minimum absolute atomic E-state index is 0.395. The molecule has 0 radical (unpaired) electrons. The molecule has 63 heavy (non-hydrogen) atoms. The van der Waals surface area contributed by atoms with E-state index in [1.165, 1.54) is 114 Å². The van der Waals surface area contributed by atoms with Crippen molar-refractivity contribution in [3.8, 4) is 33.4 Å². The average Bonchev–Trinajstić information content (AvgIpc) is 3.98. The van der Waals surface area contributed by atoms with Crippen molar-refractivity contribution in [2.24, 2.45) is 0 Å². The Balaban J connectivity index is 1.01. The van der Waals surface area contributed by atoms with Gasteiger partial charge in [0.05, 0.1) is 15.8 Å². The maximum atomic E-state index is 2.53. The molecular formula is C61H37NS. The summed E-state index contributed by atoms with van der Waals surface area (Å²) in [6.07, 6.45) is 0. The first kappa shape index (κ1) is 34.9. The van der Waals surface area contributed by atoms with Crippen LogP contribution in [0.2, 0.25) is 0 Å². The van der Waals surface area contributed by atoms with E-state index in [9.17, 15) is 0 Å². The van der Waals surface area contributed by atoms with Crippen LogP contribution in [0.1, 0.15) is 22.3 Å². The van der Waals surface area contributed by atoms with E-state index in [4.69, 9.17) is 0 Å². The smallest absolute Gasteiger partial charge is 0.0725 e. The quantitative estimate of drug-likeness (QED) is 0.171. The second-order valence-electron chi connectivity index (χ2n) is 17.1. The molecule has 0 atom stereocenters. The number of thiophene rings is 1. The number of rotatable bonds is 4. The normalized spacial score (nSPS) is 13.2. The standard InChI is InChI=1S/C61H37NS/c1-3-16-40-34-43(31-28-38(40)14-1)62(44-32-29-39-15-2-4-17-41(39)35-44)58-27-13-23-51-53-37-52(45-18-5-6-22-50(45)59(53)63-60(51)58)42-30-33-49-48-21-9-12-26-56(48)61(57(49)36-42)54-24-10-7-19-46(54)47-20-8-11-25-55(47)61/h1-37H. The van der Waals surface area contributed by atoms with Crippen LogP contribution < -0.4 is 4.90 Å². The monoisotopic (exact) mass is 815 g/mol. The summed E-state index contributed by atoms with van der Waals surface area (Å²) >= 11 is 1.92. The Hall–Kier alpha value is -7.78. The summed E-state index contributed by atoms with van der Waals surface area (Å²) in [6.45, 7) is 0. The van der Waals surface area contributed by atoms with E-state index >= 15 is 0 Å². The van der Waals surface area contributed by atoms with Crippen LogP contribution in [0.5, 0.6) is 0 Å². The Morgan fingerprint density at radius 3 is 1.41 bits per heavy atom. The summed E-state index contributed by atoms with van der Waals surface area (Å²) in [4.78, 5) is 2.47. The highest BCUT2D eigenvalue weighted by molar-refractivity contribution is 7.27. The average molecular weight is 816 g/mol. The lowest BCUT2D eigenvalue weighted by Gasteiger charge is -2.30. The van der Waals surface area contributed by atoms with E-state index < -0.39 is 5.41 Å². The van der Waals surface area contributed by atoms with Crippen molar-refractivity contribution in [2.75, 3.05) is 4.90 Å². The topological polar surface area (TPSA) is 3.24 Å². The van der Waals surface area contributed by atoms with Gasteiger partial charge in [-0.1, -0.05) is 182 Å². The van der Waals surface area contributed by atoms with Crippen LogP contribution in [0.15, 0.2) is 224 Å². The van der Waals surface area contributed by atoms with Gasteiger partial charge in [0.25, 0.3) is 0 Å². The maximum absolute atomic E-state index is 2.53. The molecule has 0 amide bonds. The summed E-state index contributed by atoms with van der Waals surface area (Å²) in [5.74, 6) is 0. The lowest BCUT2D eigenvalue weighted by atomic mass is 9.70. The summed E-state index contributed by atoms with van der Waals surface area (Å²) in [5.41, 5.74) is 16.3. The van der Waals surface area contributed by atoms with Crippen LogP contribution >= 0.6 is 11.3 Å². The van der Waals surface area contributed by atoms with E-state index in [1.54, 1.807) is 0 Å². The third kappa shape index (κ3) is 4.82. The molecule has 2 heteroatoms. The molecule has 0 saturated carbocycles.